The van der Waals surface area contributed by atoms with Gasteiger partial charge in [-0.15, -0.1) is 0 Å². The van der Waals surface area contributed by atoms with Crippen molar-refractivity contribution in [2.24, 2.45) is 0 Å². The van der Waals surface area contributed by atoms with Crippen LogP contribution >= 0.6 is 0 Å². The largest absolute Gasteiger partial charge is 0.378 e. The first-order chi connectivity index (χ1) is 10.3. The molecule has 2 aromatic rings. The highest BCUT2D eigenvalue weighted by Gasteiger charge is 2.28. The molecule has 0 bridgehead atoms. The number of fused-ring (bicyclic) bond motifs is 1. The molecule has 1 fully saturated rings. The van der Waals surface area contributed by atoms with Crippen molar-refractivity contribution in [2.45, 2.75) is 12.1 Å². The predicted molar refractivity (Wildman–Crippen MR) is 83.6 cm³/mol. The normalized spacial score (nSPS) is 21.4. The highest BCUT2D eigenvalue weighted by molar-refractivity contribution is 6.01. The van der Waals surface area contributed by atoms with E-state index in [9.17, 15) is 4.79 Å². The Bertz CT molecular complexity index is 639. The highest BCUT2D eigenvalue weighted by atomic mass is 16.5. The van der Waals surface area contributed by atoms with Crippen molar-refractivity contribution in [2.75, 3.05) is 25.5 Å². The lowest BCUT2D eigenvalue weighted by Gasteiger charge is -2.19. The van der Waals surface area contributed by atoms with Crippen LogP contribution in [0, 0.1) is 0 Å². The van der Waals surface area contributed by atoms with Gasteiger partial charge in [-0.25, -0.2) is 4.79 Å². The molecule has 0 aliphatic carbocycles. The van der Waals surface area contributed by atoms with Crippen LogP contribution in [0.15, 0.2) is 42.5 Å². The lowest BCUT2D eigenvalue weighted by molar-refractivity contribution is 0.0991. The summed E-state index contributed by atoms with van der Waals surface area (Å²) in [4.78, 5) is 12.2. The molecule has 110 valence electrons. The quantitative estimate of drug-likeness (QED) is 0.807. The summed E-state index contributed by atoms with van der Waals surface area (Å²) in [5, 5.41) is 11.2. The van der Waals surface area contributed by atoms with Gasteiger partial charge in [0.25, 0.3) is 0 Å². The van der Waals surface area contributed by atoms with E-state index in [0.29, 0.717) is 0 Å². The molecule has 2 atom stereocenters. The molecule has 3 rings (SSSR count). The highest BCUT2D eigenvalue weighted by Crippen LogP contribution is 2.22. The fraction of sp³-hybridized carbons (Fsp3) is 0.312. The summed E-state index contributed by atoms with van der Waals surface area (Å²) in [7, 11) is 1.66. The number of nitrogens with one attached hydrogen (secondary N) is 3. The minimum atomic E-state index is -0.206. The van der Waals surface area contributed by atoms with Gasteiger partial charge in [0.05, 0.1) is 17.8 Å². The fourth-order valence-corrected chi connectivity index (χ4v) is 2.71. The Morgan fingerprint density at radius 2 is 2.00 bits per heavy atom. The molecule has 0 spiro atoms. The monoisotopic (exact) mass is 285 g/mol. The average molecular weight is 285 g/mol. The number of carbonyl (C=O) groups is 1. The van der Waals surface area contributed by atoms with Crippen LogP contribution in [0.1, 0.15) is 0 Å². The van der Waals surface area contributed by atoms with E-state index in [1.54, 1.807) is 7.11 Å². The van der Waals surface area contributed by atoms with Crippen LogP contribution in [0.3, 0.4) is 0 Å². The Morgan fingerprint density at radius 1 is 1.19 bits per heavy atom. The van der Waals surface area contributed by atoms with Gasteiger partial charge in [-0.1, -0.05) is 36.4 Å². The zero-order chi connectivity index (χ0) is 14.7. The number of ether oxygens (including phenoxy) is 1. The van der Waals surface area contributed by atoms with Gasteiger partial charge in [-0.2, -0.15) is 0 Å². The van der Waals surface area contributed by atoms with Crippen molar-refractivity contribution in [1.29, 1.82) is 0 Å². The molecule has 1 heterocycles. The Balaban J connectivity index is 1.72. The lowest BCUT2D eigenvalue weighted by atomic mass is 10.1. The molecule has 0 radical (unpaired) electrons. The van der Waals surface area contributed by atoms with Crippen molar-refractivity contribution < 1.29 is 9.53 Å². The van der Waals surface area contributed by atoms with Gasteiger partial charge in [-0.05, 0) is 11.5 Å². The number of methoxy groups -OCH3 is 1. The van der Waals surface area contributed by atoms with Gasteiger partial charge in [0.2, 0.25) is 0 Å². The molecular formula is C16H19N3O2. The van der Waals surface area contributed by atoms with Gasteiger partial charge < -0.3 is 20.7 Å². The number of benzene rings is 2. The third kappa shape index (κ3) is 2.99. The van der Waals surface area contributed by atoms with Crippen LogP contribution in [-0.2, 0) is 4.74 Å². The Labute approximate surface area is 123 Å². The standard InChI is InChI=1S/C16H19N3O2/c1-21-15-10-17-9-14(15)19-16(20)18-13-8-4-6-11-5-2-3-7-12(11)13/h2-8,14-15,17H,9-10H2,1H3,(H2,18,19,20)/t14?,15-/m0/s1. The van der Waals surface area contributed by atoms with Gasteiger partial charge in [-0.3, -0.25) is 0 Å². The molecule has 5 heteroatoms. The van der Waals surface area contributed by atoms with E-state index in [4.69, 9.17) is 4.74 Å². The third-order valence-electron chi connectivity index (χ3n) is 3.82. The first-order valence-electron chi connectivity index (χ1n) is 7.07. The predicted octanol–water partition coefficient (Wildman–Crippen LogP) is 1.95. The first-order valence-corrected chi connectivity index (χ1v) is 7.07. The zero-order valence-electron chi connectivity index (χ0n) is 11.9. The lowest BCUT2D eigenvalue weighted by Crippen LogP contribution is -2.45. The van der Waals surface area contributed by atoms with E-state index >= 15 is 0 Å². The number of amides is 2. The van der Waals surface area contributed by atoms with E-state index in [2.05, 4.69) is 16.0 Å². The summed E-state index contributed by atoms with van der Waals surface area (Å²) in [6.45, 7) is 1.48. The molecule has 1 aliphatic rings. The molecule has 0 saturated carbocycles. The maximum atomic E-state index is 12.2. The van der Waals surface area contributed by atoms with E-state index in [1.807, 2.05) is 42.5 Å². The van der Waals surface area contributed by atoms with E-state index in [1.165, 1.54) is 0 Å². The van der Waals surface area contributed by atoms with Crippen molar-refractivity contribution in [3.63, 3.8) is 0 Å². The van der Waals surface area contributed by atoms with Gasteiger partial charge in [0, 0.05) is 25.6 Å². The summed E-state index contributed by atoms with van der Waals surface area (Å²) in [6, 6.07) is 13.6. The number of hydrogen-bond donors (Lipinski definition) is 3. The third-order valence-corrected chi connectivity index (χ3v) is 3.82. The van der Waals surface area contributed by atoms with Crippen molar-refractivity contribution >= 4 is 22.5 Å². The second-order valence-electron chi connectivity index (χ2n) is 5.16. The van der Waals surface area contributed by atoms with Crippen molar-refractivity contribution in [3.8, 4) is 0 Å². The minimum Gasteiger partial charge on any atom is -0.378 e. The molecule has 21 heavy (non-hydrogen) atoms. The van der Waals surface area contributed by atoms with Crippen LogP contribution in [0.2, 0.25) is 0 Å². The Hall–Kier alpha value is -2.11. The SMILES string of the molecule is CO[C@H]1CNCC1NC(=O)Nc1cccc2ccccc12. The molecule has 2 amide bonds. The van der Waals surface area contributed by atoms with E-state index in [0.717, 1.165) is 29.5 Å². The molecule has 1 unspecified atom stereocenters. The molecule has 0 aromatic heterocycles. The number of rotatable bonds is 3. The van der Waals surface area contributed by atoms with Crippen LogP contribution in [-0.4, -0.2) is 38.4 Å². The Morgan fingerprint density at radius 3 is 2.86 bits per heavy atom. The van der Waals surface area contributed by atoms with Crippen LogP contribution < -0.4 is 16.0 Å². The Kier molecular flexibility index (Phi) is 4.03. The average Bonchev–Trinajstić information content (AvgIpc) is 2.94. The summed E-state index contributed by atoms with van der Waals surface area (Å²) in [6.07, 6.45) is 0.0169. The summed E-state index contributed by atoms with van der Waals surface area (Å²) < 4.78 is 5.34. The molecule has 1 aliphatic heterocycles. The van der Waals surface area contributed by atoms with Crippen LogP contribution in [0.4, 0.5) is 10.5 Å². The van der Waals surface area contributed by atoms with Gasteiger partial charge in [0.1, 0.15) is 0 Å². The first kappa shape index (κ1) is 13.9. The van der Waals surface area contributed by atoms with Gasteiger partial charge >= 0.3 is 6.03 Å². The zero-order valence-corrected chi connectivity index (χ0v) is 11.9. The van der Waals surface area contributed by atoms with Crippen molar-refractivity contribution in [1.82, 2.24) is 10.6 Å². The van der Waals surface area contributed by atoms with E-state index < -0.39 is 0 Å². The van der Waals surface area contributed by atoms with Gasteiger partial charge in [0.15, 0.2) is 0 Å². The topological polar surface area (TPSA) is 62.4 Å². The molecule has 5 nitrogen and oxygen atoms in total. The second kappa shape index (κ2) is 6.11. The molecule has 2 aromatic carbocycles. The molecule has 3 N–H and O–H groups in total. The number of carbonyl (C=O) groups excluding carboxylic acids is 1. The summed E-state index contributed by atoms with van der Waals surface area (Å²) >= 11 is 0. The second-order valence-corrected chi connectivity index (χ2v) is 5.16. The smallest absolute Gasteiger partial charge is 0.319 e. The van der Waals surface area contributed by atoms with Crippen LogP contribution in [0.5, 0.6) is 0 Å². The molecule has 1 saturated heterocycles. The summed E-state index contributed by atoms with van der Waals surface area (Å²) in [5.74, 6) is 0. The minimum absolute atomic E-state index is 0.00928. The maximum absolute atomic E-state index is 12.2. The summed E-state index contributed by atoms with van der Waals surface area (Å²) in [5.41, 5.74) is 0.811. The number of urea groups is 1. The fourth-order valence-electron chi connectivity index (χ4n) is 2.71. The number of anilines is 1. The van der Waals surface area contributed by atoms with Crippen LogP contribution in [0.25, 0.3) is 10.8 Å². The van der Waals surface area contributed by atoms with E-state index in [-0.39, 0.29) is 18.2 Å². The molecular weight excluding hydrogens is 266 g/mol. The number of hydrogen-bond acceptors (Lipinski definition) is 3. The van der Waals surface area contributed by atoms with Crippen molar-refractivity contribution in [3.05, 3.63) is 42.5 Å². The maximum Gasteiger partial charge on any atom is 0.319 e.